The first kappa shape index (κ1) is 24.7. The number of hydrogen-bond acceptors (Lipinski definition) is 7. The maximum absolute atomic E-state index is 14.1. The topological polar surface area (TPSA) is 80.3 Å². The van der Waals surface area contributed by atoms with E-state index in [4.69, 9.17) is 37.4 Å². The van der Waals surface area contributed by atoms with Gasteiger partial charge in [0.05, 0.1) is 35.7 Å². The van der Waals surface area contributed by atoms with Crippen LogP contribution in [0.3, 0.4) is 0 Å². The zero-order chi connectivity index (χ0) is 23.7. The number of rotatable bonds is 3. The zero-order valence-electron chi connectivity index (χ0n) is 20.0. The van der Waals surface area contributed by atoms with Gasteiger partial charge in [0.25, 0.3) is 0 Å². The van der Waals surface area contributed by atoms with Crippen molar-refractivity contribution in [2.45, 2.75) is 98.3 Å². The van der Waals surface area contributed by atoms with Gasteiger partial charge in [0.2, 0.25) is 0 Å². The number of fused-ring (bicyclic) bond motifs is 2. The molecule has 1 spiro atoms. The van der Waals surface area contributed by atoms with Gasteiger partial charge in [0.1, 0.15) is 0 Å². The lowest BCUT2D eigenvalue weighted by atomic mass is 9.60. The maximum Gasteiger partial charge on any atom is 0.175 e. The minimum absolute atomic E-state index is 0.0490. The molecule has 33 heavy (non-hydrogen) atoms. The number of ketones is 1. The van der Waals surface area contributed by atoms with Crippen LogP contribution < -0.4 is 5.43 Å². The Morgan fingerprint density at radius 3 is 2.52 bits per heavy atom. The Labute approximate surface area is 206 Å². The zero-order valence-corrected chi connectivity index (χ0v) is 21.5. The lowest BCUT2D eigenvalue weighted by Crippen LogP contribution is -2.65. The molecule has 2 aliphatic heterocycles. The van der Waals surface area contributed by atoms with Crippen molar-refractivity contribution in [2.75, 3.05) is 21.3 Å². The second-order valence-electron chi connectivity index (χ2n) is 11.0. The fourth-order valence-electron chi connectivity index (χ4n) is 7.92. The number of hydrazine groups is 1. The Hall–Kier alpha value is 0.01000. The summed E-state index contributed by atoms with van der Waals surface area (Å²) < 4.78 is 18.0. The monoisotopic (exact) mass is 504 g/mol. The third-order valence-corrected chi connectivity index (χ3v) is 10.6. The molecule has 5 rings (SSSR count). The van der Waals surface area contributed by atoms with Crippen molar-refractivity contribution in [2.24, 2.45) is 23.7 Å². The van der Waals surface area contributed by atoms with Crippen molar-refractivity contribution >= 4 is 29.0 Å². The highest BCUT2D eigenvalue weighted by Crippen LogP contribution is 2.55. The molecule has 0 aromatic heterocycles. The number of nitrogens with one attached hydrogen (secondary N) is 1. The quantitative estimate of drug-likeness (QED) is 0.570. The summed E-state index contributed by atoms with van der Waals surface area (Å²) in [5.41, 5.74) is 2.30. The predicted molar refractivity (Wildman–Crippen MR) is 125 cm³/mol. The number of methoxy groups -OCH3 is 2. The van der Waals surface area contributed by atoms with Crippen molar-refractivity contribution in [1.29, 1.82) is 0 Å². The molecule has 5 aliphatic rings. The highest BCUT2D eigenvalue weighted by molar-refractivity contribution is 6.22. The van der Waals surface area contributed by atoms with E-state index in [1.165, 1.54) is 0 Å². The van der Waals surface area contributed by atoms with Crippen LogP contribution in [-0.2, 0) is 19.0 Å². The van der Waals surface area contributed by atoms with Crippen LogP contribution in [0.4, 0.5) is 0 Å². The number of Topliss-reactive ketones (excluding diaryl/α,β-unsaturated/α-hetero) is 1. The highest BCUT2D eigenvalue weighted by Gasteiger charge is 2.71. The third-order valence-electron chi connectivity index (χ3n) is 9.50. The molecular weight excluding hydrogens is 467 g/mol. The van der Waals surface area contributed by atoms with Crippen molar-refractivity contribution < 1.29 is 24.1 Å². The smallest absolute Gasteiger partial charge is 0.175 e. The standard InChI is InChI=1S/C24H38Cl2N2O5/c1-11-9-14-17(20(28(2)27-14)12-7-5-6-8-13(12)25)22(29)24(11)23(30)18-15(31-3)10-16(32-4)19(26)21(18)33-24/h11-22,27,29H,5-10H2,1-4H3/t11-,12?,13?,14?,15?,16?,17?,18?,19?,20?,21?,22?,24+/m1/s1. The summed E-state index contributed by atoms with van der Waals surface area (Å²) in [6, 6.07) is 0.130. The lowest BCUT2D eigenvalue weighted by molar-refractivity contribution is -0.195. The third kappa shape index (κ3) is 3.56. The number of halogens is 2. The van der Waals surface area contributed by atoms with Gasteiger partial charge in [-0.15, -0.1) is 23.2 Å². The molecule has 7 nitrogen and oxygen atoms in total. The molecule has 0 aromatic rings. The Morgan fingerprint density at radius 2 is 1.85 bits per heavy atom. The number of carbonyl (C=O) groups excluding carboxylic acids is 1. The SMILES string of the molecule is COC1CC(OC)C2C(=O)[C@@]3(OC2C1Cl)C(O)C1C(C[C@H]3C)NN(C)C1C1CCCCC1Cl. The van der Waals surface area contributed by atoms with Crippen LogP contribution in [0.25, 0.3) is 0 Å². The van der Waals surface area contributed by atoms with Crippen LogP contribution in [0.2, 0.25) is 0 Å². The van der Waals surface area contributed by atoms with Gasteiger partial charge in [-0.1, -0.05) is 19.8 Å². The van der Waals surface area contributed by atoms with Crippen LogP contribution in [0.1, 0.15) is 45.4 Å². The van der Waals surface area contributed by atoms with Gasteiger partial charge in [0, 0.05) is 51.1 Å². The van der Waals surface area contributed by atoms with Gasteiger partial charge in [-0.3, -0.25) is 10.2 Å². The number of aliphatic hydroxyl groups excluding tert-OH is 1. The Morgan fingerprint density at radius 1 is 1.15 bits per heavy atom. The number of nitrogens with zero attached hydrogens (tertiary/aromatic N) is 1. The fraction of sp³-hybridized carbons (Fsp3) is 0.958. The first-order valence-electron chi connectivity index (χ1n) is 12.5. The molecule has 13 atom stereocenters. The van der Waals surface area contributed by atoms with E-state index in [0.717, 1.165) is 32.1 Å². The number of alkyl halides is 2. The molecule has 3 aliphatic carbocycles. The molecule has 188 valence electrons. The fourth-order valence-corrected chi connectivity index (χ4v) is 8.77. The van der Waals surface area contributed by atoms with Crippen LogP contribution in [0.15, 0.2) is 0 Å². The van der Waals surface area contributed by atoms with E-state index in [1.807, 2.05) is 14.0 Å². The molecule has 5 fully saturated rings. The number of ether oxygens (including phenoxy) is 3. The van der Waals surface area contributed by atoms with Gasteiger partial charge >= 0.3 is 0 Å². The predicted octanol–water partition coefficient (Wildman–Crippen LogP) is 2.35. The summed E-state index contributed by atoms with van der Waals surface area (Å²) in [7, 11) is 5.29. The van der Waals surface area contributed by atoms with Crippen LogP contribution in [-0.4, -0.2) is 90.0 Å². The van der Waals surface area contributed by atoms with E-state index in [0.29, 0.717) is 6.42 Å². The Bertz CT molecular complexity index is 760. The molecule has 0 radical (unpaired) electrons. The van der Waals surface area contributed by atoms with Crippen LogP contribution >= 0.6 is 23.2 Å². The van der Waals surface area contributed by atoms with Gasteiger partial charge in [-0.2, -0.15) is 0 Å². The minimum Gasteiger partial charge on any atom is -0.389 e. The molecule has 0 bridgehead atoms. The largest absolute Gasteiger partial charge is 0.389 e. The van der Waals surface area contributed by atoms with E-state index in [9.17, 15) is 9.90 Å². The highest BCUT2D eigenvalue weighted by atomic mass is 35.5. The summed E-state index contributed by atoms with van der Waals surface area (Å²) in [6.45, 7) is 2.02. The van der Waals surface area contributed by atoms with Crippen molar-refractivity contribution in [1.82, 2.24) is 10.4 Å². The van der Waals surface area contributed by atoms with Gasteiger partial charge in [-0.05, 0) is 31.1 Å². The van der Waals surface area contributed by atoms with E-state index < -0.39 is 29.1 Å². The number of aliphatic hydroxyl groups is 1. The van der Waals surface area contributed by atoms with Gasteiger partial charge < -0.3 is 19.3 Å². The molecule has 9 heteroatoms. The van der Waals surface area contributed by atoms with E-state index in [2.05, 4.69) is 10.4 Å². The molecule has 2 N–H and O–H groups in total. The van der Waals surface area contributed by atoms with Crippen molar-refractivity contribution in [3.63, 3.8) is 0 Å². The molecule has 11 unspecified atom stereocenters. The van der Waals surface area contributed by atoms with Gasteiger partial charge in [-0.25, -0.2) is 5.01 Å². The van der Waals surface area contributed by atoms with Gasteiger partial charge in [0.15, 0.2) is 11.4 Å². The second-order valence-corrected chi connectivity index (χ2v) is 12.0. The maximum atomic E-state index is 14.1. The lowest BCUT2D eigenvalue weighted by Gasteiger charge is -2.49. The van der Waals surface area contributed by atoms with Crippen molar-refractivity contribution in [3.8, 4) is 0 Å². The minimum atomic E-state index is -1.29. The normalized spacial score (nSPS) is 55.1. The molecule has 3 saturated carbocycles. The van der Waals surface area contributed by atoms with Crippen LogP contribution in [0, 0.1) is 23.7 Å². The Kier molecular flexibility index (Phi) is 6.84. The summed E-state index contributed by atoms with van der Waals surface area (Å²) in [6.07, 6.45) is 3.50. The summed E-state index contributed by atoms with van der Waals surface area (Å²) >= 11 is 13.6. The Balaban J connectivity index is 1.50. The summed E-state index contributed by atoms with van der Waals surface area (Å²) in [5, 5.41) is 13.8. The first-order valence-corrected chi connectivity index (χ1v) is 13.4. The molecule has 2 heterocycles. The molecule has 2 saturated heterocycles. The number of hydrogen-bond donors (Lipinski definition) is 2. The molecule has 0 amide bonds. The van der Waals surface area contributed by atoms with E-state index >= 15 is 0 Å². The average Bonchev–Trinajstić information content (AvgIpc) is 3.29. The van der Waals surface area contributed by atoms with E-state index in [1.54, 1.807) is 14.2 Å². The van der Waals surface area contributed by atoms with E-state index in [-0.39, 0.29) is 53.2 Å². The average molecular weight is 505 g/mol. The molecular formula is C24H38Cl2N2O5. The summed E-state index contributed by atoms with van der Waals surface area (Å²) in [4.78, 5) is 14.1. The number of carbonyl (C=O) groups is 1. The molecule has 0 aromatic carbocycles. The summed E-state index contributed by atoms with van der Waals surface area (Å²) in [5.74, 6) is -0.604. The van der Waals surface area contributed by atoms with Crippen molar-refractivity contribution in [3.05, 3.63) is 0 Å². The first-order chi connectivity index (χ1) is 15.8. The second kappa shape index (κ2) is 9.15. The van der Waals surface area contributed by atoms with Crippen LogP contribution in [0.5, 0.6) is 0 Å².